The Bertz CT molecular complexity index is 248. The van der Waals surface area contributed by atoms with Gasteiger partial charge < -0.3 is 9.84 Å². The van der Waals surface area contributed by atoms with E-state index in [1.165, 1.54) is 0 Å². The first-order valence-corrected chi connectivity index (χ1v) is 3.09. The first-order chi connectivity index (χ1) is 4.42. The van der Waals surface area contributed by atoms with Crippen molar-refractivity contribution in [3.8, 4) is 11.5 Å². The summed E-state index contributed by atoms with van der Waals surface area (Å²) in [7, 11) is 0. The van der Waals surface area contributed by atoms with Crippen molar-refractivity contribution in [3.63, 3.8) is 0 Å². The lowest BCUT2D eigenvalue weighted by molar-refractivity contribution is 0.133. The number of hydrogen-bond acceptors (Lipinski definition) is 3. The van der Waals surface area contributed by atoms with Gasteiger partial charge in [-0.25, -0.2) is 0 Å². The van der Waals surface area contributed by atoms with Crippen molar-refractivity contribution >= 4 is 0 Å². The Morgan fingerprint density at radius 3 is 1.90 bits per heavy atom. The van der Waals surface area contributed by atoms with E-state index in [4.69, 9.17) is 9.84 Å². The van der Waals surface area contributed by atoms with Crippen molar-refractivity contribution in [1.82, 2.24) is 0 Å². The average molecular weight is 142 g/mol. The van der Waals surface area contributed by atoms with Crippen molar-refractivity contribution in [1.29, 1.82) is 0 Å². The largest absolute Gasteiger partial charge is 0.501 e. The van der Waals surface area contributed by atoms with Crippen LogP contribution in [0.15, 0.2) is 4.79 Å². The van der Waals surface area contributed by atoms with Crippen LogP contribution in [0.2, 0.25) is 0 Å². The maximum absolute atomic E-state index is 10.4. The SMILES string of the molecule is CC(C)(C)Oc1c(O)c1=O. The Morgan fingerprint density at radius 2 is 1.80 bits per heavy atom. The lowest BCUT2D eigenvalue weighted by Gasteiger charge is -2.16. The van der Waals surface area contributed by atoms with Crippen LogP contribution in [0.5, 0.6) is 11.5 Å². The van der Waals surface area contributed by atoms with Gasteiger partial charge in [-0.3, -0.25) is 4.79 Å². The van der Waals surface area contributed by atoms with Crippen molar-refractivity contribution in [2.45, 2.75) is 26.4 Å². The molecule has 0 aromatic heterocycles. The molecule has 0 atom stereocenters. The summed E-state index contributed by atoms with van der Waals surface area (Å²) in [5.74, 6) is -0.109. The van der Waals surface area contributed by atoms with Gasteiger partial charge in [0.05, 0.1) is 0 Å². The third kappa shape index (κ3) is 1.29. The summed E-state index contributed by atoms with van der Waals surface area (Å²) in [6.07, 6.45) is 0. The minimum absolute atomic E-state index is 0.118. The monoisotopic (exact) mass is 142 g/mol. The van der Waals surface area contributed by atoms with Crippen LogP contribution in [0.4, 0.5) is 0 Å². The standard InChI is InChI=1S/C7H10O3/c1-7(2,3)10-6-4(8)5(6)9/h8H,1-3H3. The van der Waals surface area contributed by atoms with Gasteiger partial charge in [0.15, 0.2) is 0 Å². The molecule has 1 rings (SSSR count). The van der Waals surface area contributed by atoms with Crippen LogP contribution in [0.25, 0.3) is 0 Å². The molecule has 0 aliphatic heterocycles. The van der Waals surface area contributed by atoms with E-state index in [2.05, 4.69) is 0 Å². The molecule has 0 saturated carbocycles. The lowest BCUT2D eigenvalue weighted by atomic mass is 10.2. The molecule has 0 aliphatic rings. The predicted octanol–water partition coefficient (Wildman–Crippen LogP) is 0.805. The number of rotatable bonds is 1. The molecule has 0 heterocycles. The number of hydrogen-bond donors (Lipinski definition) is 1. The van der Waals surface area contributed by atoms with Gasteiger partial charge in [0.1, 0.15) is 5.60 Å². The summed E-state index contributed by atoms with van der Waals surface area (Å²) in [4.78, 5) is 10.4. The fourth-order valence-corrected chi connectivity index (χ4v) is 0.546. The molecule has 0 saturated heterocycles. The minimum Gasteiger partial charge on any atom is -0.501 e. The van der Waals surface area contributed by atoms with E-state index >= 15 is 0 Å². The second-order valence-electron chi connectivity index (χ2n) is 3.22. The first-order valence-electron chi connectivity index (χ1n) is 3.09. The van der Waals surface area contributed by atoms with Crippen molar-refractivity contribution < 1.29 is 9.84 Å². The van der Waals surface area contributed by atoms with Crippen LogP contribution in [-0.2, 0) is 0 Å². The number of aromatic hydroxyl groups is 1. The smallest absolute Gasteiger partial charge is 0.269 e. The minimum atomic E-state index is -0.393. The molecule has 0 spiro atoms. The summed E-state index contributed by atoms with van der Waals surface area (Å²) in [6.45, 7) is 5.46. The summed E-state index contributed by atoms with van der Waals surface area (Å²) < 4.78 is 5.05. The Hall–Kier alpha value is -0.990. The third-order valence-electron chi connectivity index (χ3n) is 0.982. The van der Waals surface area contributed by atoms with E-state index in [-0.39, 0.29) is 16.9 Å². The highest BCUT2D eigenvalue weighted by Crippen LogP contribution is 2.30. The second-order valence-corrected chi connectivity index (χ2v) is 3.22. The fraction of sp³-hybridized carbons (Fsp3) is 0.571. The highest BCUT2D eigenvalue weighted by atomic mass is 16.5. The van der Waals surface area contributed by atoms with Crippen LogP contribution in [0.3, 0.4) is 0 Å². The zero-order chi connectivity index (χ0) is 7.94. The third-order valence-corrected chi connectivity index (χ3v) is 0.982. The van der Waals surface area contributed by atoms with Gasteiger partial charge in [0, 0.05) is 0 Å². The van der Waals surface area contributed by atoms with Crippen molar-refractivity contribution in [2.75, 3.05) is 0 Å². The second kappa shape index (κ2) is 1.75. The Morgan fingerprint density at radius 1 is 1.40 bits per heavy atom. The van der Waals surface area contributed by atoms with E-state index in [0.717, 1.165) is 0 Å². The molecule has 0 fully saturated rings. The van der Waals surface area contributed by atoms with Crippen LogP contribution in [0.1, 0.15) is 20.8 Å². The molecule has 1 aromatic rings. The van der Waals surface area contributed by atoms with Gasteiger partial charge in [-0.1, -0.05) is 0 Å². The van der Waals surface area contributed by atoms with Crippen LogP contribution in [-0.4, -0.2) is 10.7 Å². The van der Waals surface area contributed by atoms with E-state index < -0.39 is 5.60 Å². The summed E-state index contributed by atoms with van der Waals surface area (Å²) in [5, 5.41) is 8.66. The Balaban J connectivity index is 2.59. The maximum Gasteiger partial charge on any atom is 0.269 e. The molecule has 10 heavy (non-hydrogen) atoms. The molecule has 1 aromatic carbocycles. The predicted molar refractivity (Wildman–Crippen MR) is 37.1 cm³/mol. The van der Waals surface area contributed by atoms with Crippen LogP contribution < -0.4 is 10.2 Å². The Labute approximate surface area is 58.9 Å². The van der Waals surface area contributed by atoms with E-state index in [1.807, 2.05) is 20.8 Å². The van der Waals surface area contributed by atoms with Gasteiger partial charge in [-0.05, 0) is 20.8 Å². The summed E-state index contributed by atoms with van der Waals surface area (Å²) in [6, 6.07) is 0. The van der Waals surface area contributed by atoms with Gasteiger partial charge >= 0.3 is 0 Å². The molecule has 0 bridgehead atoms. The average Bonchev–Trinajstić information content (AvgIpc) is 2.19. The Kier molecular flexibility index (Phi) is 1.24. The topological polar surface area (TPSA) is 46.5 Å². The summed E-state index contributed by atoms with van der Waals surface area (Å²) >= 11 is 0. The van der Waals surface area contributed by atoms with Gasteiger partial charge in [0.25, 0.3) is 5.43 Å². The van der Waals surface area contributed by atoms with Crippen molar-refractivity contribution in [2.24, 2.45) is 0 Å². The van der Waals surface area contributed by atoms with Crippen LogP contribution >= 0.6 is 0 Å². The molecule has 0 unspecified atom stereocenters. The molecule has 1 N–H and O–H groups in total. The molecule has 56 valence electrons. The highest BCUT2D eigenvalue weighted by Gasteiger charge is 2.28. The van der Waals surface area contributed by atoms with Crippen molar-refractivity contribution in [3.05, 3.63) is 10.2 Å². The fourth-order valence-electron chi connectivity index (χ4n) is 0.546. The molecular formula is C7H10O3. The molecule has 3 heteroatoms. The summed E-state index contributed by atoms with van der Waals surface area (Å²) in [5.41, 5.74) is -0.759. The van der Waals surface area contributed by atoms with Gasteiger partial charge in [-0.15, -0.1) is 0 Å². The molecule has 3 nitrogen and oxygen atoms in total. The zero-order valence-corrected chi connectivity index (χ0v) is 6.26. The zero-order valence-electron chi connectivity index (χ0n) is 6.26. The van der Waals surface area contributed by atoms with E-state index in [9.17, 15) is 4.79 Å². The lowest BCUT2D eigenvalue weighted by Crippen LogP contribution is -2.22. The normalized spacial score (nSPS) is 12.3. The van der Waals surface area contributed by atoms with Gasteiger partial charge in [0.2, 0.25) is 11.5 Å². The first kappa shape index (κ1) is 7.12. The van der Waals surface area contributed by atoms with Gasteiger partial charge in [-0.2, -0.15) is 0 Å². The molecular weight excluding hydrogens is 132 g/mol. The number of ether oxygens (including phenoxy) is 1. The molecule has 0 radical (unpaired) electrons. The van der Waals surface area contributed by atoms with E-state index in [1.54, 1.807) is 0 Å². The highest BCUT2D eigenvalue weighted by molar-refractivity contribution is 5.52. The quantitative estimate of drug-likeness (QED) is 0.631. The molecule has 0 amide bonds. The van der Waals surface area contributed by atoms with Crippen LogP contribution in [0, 0.1) is 0 Å². The van der Waals surface area contributed by atoms with E-state index in [0.29, 0.717) is 0 Å². The maximum atomic E-state index is 10.4. The molecule has 0 aliphatic carbocycles.